The smallest absolute Gasteiger partial charge is 0.266 e. The molecule has 0 saturated heterocycles. The van der Waals surface area contributed by atoms with Crippen molar-refractivity contribution in [3.05, 3.63) is 106 Å². The van der Waals surface area contributed by atoms with Crippen molar-refractivity contribution in [2.24, 2.45) is 0 Å². The summed E-state index contributed by atoms with van der Waals surface area (Å²) in [5.41, 5.74) is 1.09. The van der Waals surface area contributed by atoms with Gasteiger partial charge < -0.3 is 10.2 Å². The van der Waals surface area contributed by atoms with Crippen molar-refractivity contribution >= 4 is 68.4 Å². The van der Waals surface area contributed by atoms with Crippen molar-refractivity contribution in [2.45, 2.75) is 45.4 Å². The Hall–Kier alpha value is -6.36. The third-order valence-electron chi connectivity index (χ3n) is 10.0. The van der Waals surface area contributed by atoms with Crippen LogP contribution in [0.25, 0.3) is 21.5 Å². The molecule has 0 spiro atoms. The normalized spacial score (nSPS) is 15.2. The summed E-state index contributed by atoms with van der Waals surface area (Å²) >= 11 is 0. The molecule has 2 N–H and O–H groups in total. The lowest BCUT2D eigenvalue weighted by molar-refractivity contribution is 0.0605. The van der Waals surface area contributed by atoms with Gasteiger partial charge >= 0.3 is 0 Å². The zero-order chi connectivity index (χ0) is 35.7. The first-order chi connectivity index (χ1) is 24.6. The van der Waals surface area contributed by atoms with Crippen LogP contribution in [-0.2, 0) is 0 Å². The molecule has 0 radical (unpaired) electrons. The van der Waals surface area contributed by atoms with E-state index < -0.39 is 46.9 Å². The summed E-state index contributed by atoms with van der Waals surface area (Å²) in [6.45, 7) is 2.42. The number of carbonyl (C=O) groups is 6. The summed E-state index contributed by atoms with van der Waals surface area (Å²) in [5, 5.41) is 21.2. The summed E-state index contributed by atoms with van der Waals surface area (Å²) in [6, 6.07) is 17.4. The molecule has 51 heavy (non-hydrogen) atoms. The number of anilines is 2. The molecular formula is C40H31N3O8. The van der Waals surface area contributed by atoms with Gasteiger partial charge in [0.05, 0.1) is 16.9 Å². The molecule has 8 rings (SSSR count). The maximum absolute atomic E-state index is 14.2. The molecule has 0 atom stereocenters. The number of phenolic OH excluding ortho intramolecular Hbond substituents is 2. The molecule has 5 aromatic carbocycles. The van der Waals surface area contributed by atoms with Gasteiger partial charge in [0.15, 0.2) is 11.5 Å². The van der Waals surface area contributed by atoms with Crippen LogP contribution >= 0.6 is 0 Å². The lowest BCUT2D eigenvalue weighted by Gasteiger charge is -2.33. The lowest BCUT2D eigenvalue weighted by Crippen LogP contribution is -2.44. The van der Waals surface area contributed by atoms with E-state index in [-0.39, 0.29) is 62.1 Å². The van der Waals surface area contributed by atoms with Crippen molar-refractivity contribution in [1.29, 1.82) is 0 Å². The number of phenols is 2. The zero-order valence-corrected chi connectivity index (χ0v) is 27.6. The molecule has 0 unspecified atom stereocenters. The van der Waals surface area contributed by atoms with Crippen LogP contribution in [0.5, 0.6) is 11.5 Å². The van der Waals surface area contributed by atoms with E-state index in [1.165, 1.54) is 41.3 Å². The van der Waals surface area contributed by atoms with E-state index in [1.54, 1.807) is 24.3 Å². The fraction of sp³-hybridized carbons (Fsp3) is 0.200. The minimum Gasteiger partial charge on any atom is -0.504 e. The summed E-state index contributed by atoms with van der Waals surface area (Å²) in [5.74, 6) is -4.68. The zero-order valence-electron chi connectivity index (χ0n) is 27.6. The third kappa shape index (κ3) is 4.72. The van der Waals surface area contributed by atoms with Gasteiger partial charge in [0.1, 0.15) is 0 Å². The van der Waals surface area contributed by atoms with Gasteiger partial charge in [-0.2, -0.15) is 0 Å². The highest BCUT2D eigenvalue weighted by Crippen LogP contribution is 2.42. The van der Waals surface area contributed by atoms with Crippen molar-refractivity contribution in [1.82, 2.24) is 4.90 Å². The van der Waals surface area contributed by atoms with Crippen molar-refractivity contribution in [2.75, 3.05) is 16.3 Å². The summed E-state index contributed by atoms with van der Waals surface area (Å²) in [6.07, 6.45) is 5.97. The Labute approximate surface area is 291 Å². The van der Waals surface area contributed by atoms with Crippen LogP contribution in [0, 0.1) is 0 Å². The number of unbranched alkanes of at least 4 members (excludes halogenated alkanes) is 5. The van der Waals surface area contributed by atoms with E-state index in [2.05, 4.69) is 6.92 Å². The second kappa shape index (κ2) is 11.9. The summed E-state index contributed by atoms with van der Waals surface area (Å²) < 4.78 is 0. The van der Waals surface area contributed by atoms with Gasteiger partial charge in [-0.25, -0.2) is 9.80 Å². The standard InChI is InChI=1S/C40H31N3O8/c1-2-3-4-5-6-7-17-41-35(46)25-12-14-27-34-28(15-13-26(33(25)34)36(41)47)39(50)43(38(27)49)23-18-21-9-8-10-24-32(21)29(19-23)40(51)42(37(24)48)22-11-16-30(44)31(45)20-22/h8-16,18-20,44-45H,2-7,17H2,1H3. The number of rotatable bonds is 9. The predicted molar refractivity (Wildman–Crippen MR) is 189 cm³/mol. The average molecular weight is 682 g/mol. The Morgan fingerprint density at radius 3 is 1.61 bits per heavy atom. The number of amides is 6. The summed E-state index contributed by atoms with van der Waals surface area (Å²) in [4.78, 5) is 86.4. The maximum atomic E-state index is 14.2. The Morgan fingerprint density at radius 2 is 1.00 bits per heavy atom. The first-order valence-electron chi connectivity index (χ1n) is 16.9. The van der Waals surface area contributed by atoms with E-state index in [0.717, 1.165) is 54.0 Å². The SMILES string of the molecule is CCCCCCCCN1C(=O)c2ccc3c4c(ccc(c24)C1=O)C(=O)N(c1cc2c4c(cccc4c1)C(=O)N(c1ccc(O)c(O)c1)C2=O)C3=O. The highest BCUT2D eigenvalue weighted by atomic mass is 16.3. The molecule has 3 aliphatic heterocycles. The molecule has 11 nitrogen and oxygen atoms in total. The average Bonchev–Trinajstić information content (AvgIpc) is 3.12. The maximum Gasteiger partial charge on any atom is 0.266 e. The van der Waals surface area contributed by atoms with E-state index in [0.29, 0.717) is 17.2 Å². The predicted octanol–water partition coefficient (Wildman–Crippen LogP) is 6.96. The Bertz CT molecular complexity index is 2360. The Kier molecular flexibility index (Phi) is 7.44. The van der Waals surface area contributed by atoms with Gasteiger partial charge in [-0.05, 0) is 66.4 Å². The topological polar surface area (TPSA) is 153 Å². The van der Waals surface area contributed by atoms with Crippen LogP contribution in [0.15, 0.2) is 72.8 Å². The lowest BCUT2D eigenvalue weighted by atomic mass is 9.85. The fourth-order valence-electron chi connectivity index (χ4n) is 7.52. The van der Waals surface area contributed by atoms with Crippen molar-refractivity contribution < 1.29 is 39.0 Å². The van der Waals surface area contributed by atoms with Crippen LogP contribution in [0.4, 0.5) is 11.4 Å². The molecular weight excluding hydrogens is 650 g/mol. The molecule has 5 aromatic rings. The number of hydrogen-bond acceptors (Lipinski definition) is 8. The molecule has 3 heterocycles. The van der Waals surface area contributed by atoms with Crippen LogP contribution in [0.3, 0.4) is 0 Å². The first kappa shape index (κ1) is 31.9. The van der Waals surface area contributed by atoms with E-state index in [4.69, 9.17) is 0 Å². The molecule has 0 aromatic heterocycles. The quantitative estimate of drug-likeness (QED) is 0.0962. The molecule has 0 bridgehead atoms. The van der Waals surface area contributed by atoms with Gasteiger partial charge in [0.25, 0.3) is 35.4 Å². The molecule has 3 aliphatic rings. The second-order valence-corrected chi connectivity index (χ2v) is 13.1. The molecule has 0 aliphatic carbocycles. The Morgan fingerprint density at radius 1 is 0.471 bits per heavy atom. The molecule has 0 saturated carbocycles. The summed E-state index contributed by atoms with van der Waals surface area (Å²) in [7, 11) is 0. The van der Waals surface area contributed by atoms with Crippen LogP contribution < -0.4 is 9.80 Å². The number of benzene rings is 5. The highest BCUT2D eigenvalue weighted by Gasteiger charge is 2.41. The number of aromatic hydroxyl groups is 2. The van der Waals surface area contributed by atoms with E-state index in [1.807, 2.05) is 0 Å². The molecule has 0 fully saturated rings. The number of nitrogens with zero attached hydrogens (tertiary/aromatic N) is 3. The second-order valence-electron chi connectivity index (χ2n) is 13.1. The van der Waals surface area contributed by atoms with Gasteiger partial charge in [-0.3, -0.25) is 33.7 Å². The van der Waals surface area contributed by atoms with Gasteiger partial charge in [-0.1, -0.05) is 51.2 Å². The Balaban J connectivity index is 1.18. The van der Waals surface area contributed by atoms with Crippen LogP contribution in [0.1, 0.15) is 108 Å². The fourth-order valence-corrected chi connectivity index (χ4v) is 7.52. The number of carbonyl (C=O) groups excluding carboxylic acids is 6. The van der Waals surface area contributed by atoms with E-state index >= 15 is 0 Å². The first-order valence-corrected chi connectivity index (χ1v) is 16.9. The largest absolute Gasteiger partial charge is 0.504 e. The minimum absolute atomic E-state index is 0.0155. The number of hydrogen-bond donors (Lipinski definition) is 2. The van der Waals surface area contributed by atoms with E-state index in [9.17, 15) is 39.0 Å². The molecule has 254 valence electrons. The van der Waals surface area contributed by atoms with Crippen LogP contribution in [0.2, 0.25) is 0 Å². The van der Waals surface area contributed by atoms with Gasteiger partial charge in [0, 0.05) is 56.6 Å². The van der Waals surface area contributed by atoms with Crippen molar-refractivity contribution in [3.8, 4) is 11.5 Å². The molecule has 11 heteroatoms. The molecule has 6 amide bonds. The van der Waals surface area contributed by atoms with Gasteiger partial charge in [0.2, 0.25) is 0 Å². The minimum atomic E-state index is -0.756. The third-order valence-corrected chi connectivity index (χ3v) is 10.0. The highest BCUT2D eigenvalue weighted by molar-refractivity contribution is 6.40. The van der Waals surface area contributed by atoms with Gasteiger partial charge in [-0.15, -0.1) is 0 Å². The van der Waals surface area contributed by atoms with Crippen molar-refractivity contribution in [3.63, 3.8) is 0 Å². The monoisotopic (exact) mass is 681 g/mol. The van der Waals surface area contributed by atoms with Crippen LogP contribution in [-0.4, -0.2) is 57.1 Å². The number of imide groups is 3.